The molecule has 0 amide bonds. The highest BCUT2D eigenvalue weighted by molar-refractivity contribution is 5.83. The Morgan fingerprint density at radius 1 is 0.290 bits per heavy atom. The van der Waals surface area contributed by atoms with Crippen molar-refractivity contribution >= 4 is 0 Å². The molecule has 11 aromatic carbocycles. The highest BCUT2D eigenvalue weighted by Gasteiger charge is 2.31. The monoisotopic (exact) mass is 1650 g/mol. The minimum Gasteiger partial charge on any atom is -0.278 e. The van der Waals surface area contributed by atoms with Crippen LogP contribution in [0.4, 0.5) is 0 Å². The van der Waals surface area contributed by atoms with Crippen LogP contribution in [0.5, 0.6) is 0 Å². The van der Waals surface area contributed by atoms with E-state index >= 15 is 0 Å². The van der Waals surface area contributed by atoms with Gasteiger partial charge in [-0.15, -0.1) is 40.8 Å². The lowest BCUT2D eigenvalue weighted by molar-refractivity contribution is 0.397. The van der Waals surface area contributed by atoms with Gasteiger partial charge in [0.2, 0.25) is 0 Å². The molecule has 124 heavy (non-hydrogen) atoms. The van der Waals surface area contributed by atoms with Crippen LogP contribution in [0, 0.1) is 88.5 Å². The van der Waals surface area contributed by atoms with Crippen molar-refractivity contribution in [2.24, 2.45) is 5.41 Å². The van der Waals surface area contributed by atoms with Crippen LogP contribution in [0.2, 0.25) is 0 Å². The molecule has 0 radical (unpaired) electrons. The number of unbranched alkanes of at least 4 members (excludes halogenated alkanes) is 3. The van der Waals surface area contributed by atoms with Gasteiger partial charge in [-0.2, -0.15) is 0 Å². The average Bonchev–Trinajstić information content (AvgIpc) is 1.59. The fraction of sp³-hybridized carbons (Fsp3) is 0.339. The van der Waals surface area contributed by atoms with Gasteiger partial charge in [0, 0.05) is 45.9 Å². The molecule has 0 aliphatic carbocycles. The number of hydrogen-bond donors (Lipinski definition) is 0. The topological polar surface area (TPSA) is 123 Å². The zero-order valence-corrected chi connectivity index (χ0v) is 78.9. The van der Waals surface area contributed by atoms with Crippen molar-refractivity contribution in [3.05, 3.63) is 332 Å². The van der Waals surface area contributed by atoms with Crippen molar-refractivity contribution in [2.75, 3.05) is 0 Å². The summed E-state index contributed by atoms with van der Waals surface area (Å²) in [6, 6.07) is 82.9. The molecule has 12 heteroatoms. The fourth-order valence-electron chi connectivity index (χ4n) is 17.3. The quantitative estimate of drug-likeness (QED) is 0.0652. The number of rotatable bonds is 21. The SMILES string of the molecule is CCC(C)(C)c1nnc(-c2ccccc2)n1-c1c(C)cc(C)cc1C.CCCCCCc1cc(C)c(-n2c(-c3cccc(-c4cc(-c5ccc(C)cc5)cc(-c5ccc(C(C)(C)C)cc5)c4)c3)nnc2C(C)C)c(C)c1.Cc1cc(C)c(-n2c(-c3ccccc3)nnc2C(C)C)c(C)c1.Cc1cc(C)c(-n2c(CC(C)(C)C)nnc2-c2ccccc2)c(C)c1. The van der Waals surface area contributed by atoms with Gasteiger partial charge >= 0.3 is 0 Å². The van der Waals surface area contributed by atoms with Gasteiger partial charge in [-0.1, -0.05) is 345 Å². The van der Waals surface area contributed by atoms with Crippen LogP contribution in [0.15, 0.2) is 231 Å². The zero-order valence-electron chi connectivity index (χ0n) is 78.9. The number of aryl methyl sites for hydroxylation is 13. The minimum absolute atomic E-state index is 0.0518. The summed E-state index contributed by atoms with van der Waals surface area (Å²) in [6.07, 6.45) is 8.10. The van der Waals surface area contributed by atoms with Gasteiger partial charge in [-0.05, 0) is 226 Å². The van der Waals surface area contributed by atoms with Crippen LogP contribution in [0.1, 0.15) is 242 Å². The van der Waals surface area contributed by atoms with E-state index in [4.69, 9.17) is 10.2 Å². The second-order valence-corrected chi connectivity index (χ2v) is 38.0. The Morgan fingerprint density at radius 3 is 1.05 bits per heavy atom. The van der Waals surface area contributed by atoms with Crippen LogP contribution in [0.25, 0.3) is 102 Å². The van der Waals surface area contributed by atoms with Crippen molar-refractivity contribution in [2.45, 2.75) is 248 Å². The van der Waals surface area contributed by atoms with E-state index in [-0.39, 0.29) is 22.2 Å². The van der Waals surface area contributed by atoms with Crippen LogP contribution >= 0.6 is 0 Å². The Hall–Kier alpha value is -12.0. The number of nitrogens with zero attached hydrogens (tertiary/aromatic N) is 12. The maximum absolute atomic E-state index is 4.87. The molecule has 0 N–H and O–H groups in total. The lowest BCUT2D eigenvalue weighted by atomic mass is 9.85. The molecule has 0 unspecified atom stereocenters. The fourth-order valence-corrected chi connectivity index (χ4v) is 17.3. The second-order valence-electron chi connectivity index (χ2n) is 38.0. The molecule has 4 heterocycles. The first-order valence-electron chi connectivity index (χ1n) is 44.8. The summed E-state index contributed by atoms with van der Waals surface area (Å²) >= 11 is 0. The zero-order chi connectivity index (χ0) is 89.2. The minimum atomic E-state index is -0.0518. The lowest BCUT2D eigenvalue weighted by Crippen LogP contribution is -2.22. The Kier molecular flexibility index (Phi) is 28.9. The molecule has 0 bridgehead atoms. The summed E-state index contributed by atoms with van der Waals surface area (Å²) in [5, 5.41) is 37.0. The molecule has 15 aromatic rings. The molecule has 4 aromatic heterocycles. The van der Waals surface area contributed by atoms with E-state index in [0.29, 0.717) is 5.92 Å². The van der Waals surface area contributed by atoms with E-state index < -0.39 is 0 Å². The highest BCUT2D eigenvalue weighted by atomic mass is 15.3. The normalized spacial score (nSPS) is 11.7. The molecule has 0 saturated heterocycles. The van der Waals surface area contributed by atoms with E-state index in [9.17, 15) is 0 Å². The van der Waals surface area contributed by atoms with Gasteiger partial charge < -0.3 is 0 Å². The molecule has 12 nitrogen and oxygen atoms in total. The molecule has 15 rings (SSSR count). The van der Waals surface area contributed by atoms with Gasteiger partial charge in [-0.25, -0.2) is 0 Å². The van der Waals surface area contributed by atoms with Gasteiger partial charge in [0.1, 0.15) is 23.3 Å². The van der Waals surface area contributed by atoms with Crippen LogP contribution < -0.4 is 0 Å². The lowest BCUT2D eigenvalue weighted by Gasteiger charge is -2.25. The maximum atomic E-state index is 4.87. The number of hydrogen-bond acceptors (Lipinski definition) is 8. The molecule has 0 atom stereocenters. The molecule has 640 valence electrons. The van der Waals surface area contributed by atoms with Gasteiger partial charge in [0.05, 0.1) is 22.7 Å². The number of aromatic nitrogens is 12. The van der Waals surface area contributed by atoms with E-state index in [2.05, 4.69) is 405 Å². The van der Waals surface area contributed by atoms with Crippen molar-refractivity contribution in [1.29, 1.82) is 0 Å². The average molecular weight is 1650 g/mol. The summed E-state index contributed by atoms with van der Waals surface area (Å²) in [5.74, 6) is 8.16. The predicted octanol–water partition coefficient (Wildman–Crippen LogP) is 29.4. The third-order valence-electron chi connectivity index (χ3n) is 23.6. The largest absolute Gasteiger partial charge is 0.278 e. The molecular weight excluding hydrogens is 1510 g/mol. The van der Waals surface area contributed by atoms with E-state index in [0.717, 1.165) is 93.7 Å². The Bertz CT molecular complexity index is 6060. The molecule has 0 fully saturated rings. The highest BCUT2D eigenvalue weighted by Crippen LogP contribution is 2.41. The van der Waals surface area contributed by atoms with Gasteiger partial charge in [0.25, 0.3) is 0 Å². The number of benzene rings is 11. The van der Waals surface area contributed by atoms with Gasteiger partial charge in [-0.3, -0.25) is 18.3 Å². The Labute approximate surface area is 740 Å². The summed E-state index contributed by atoms with van der Waals surface area (Å²) in [5.41, 5.74) is 34.4. The van der Waals surface area contributed by atoms with Crippen molar-refractivity contribution in [3.8, 4) is 102 Å². The van der Waals surface area contributed by atoms with Crippen molar-refractivity contribution in [1.82, 2.24) is 59.1 Å². The first kappa shape index (κ1) is 91.2. The molecular formula is C112H132N12. The van der Waals surface area contributed by atoms with E-state index in [1.807, 2.05) is 54.6 Å². The Balaban J connectivity index is 0.000000162. The predicted molar refractivity (Wildman–Crippen MR) is 522 cm³/mol. The van der Waals surface area contributed by atoms with Crippen molar-refractivity contribution in [3.63, 3.8) is 0 Å². The first-order chi connectivity index (χ1) is 59.0. The smallest absolute Gasteiger partial charge is 0.168 e. The molecule has 0 aliphatic rings. The summed E-state index contributed by atoms with van der Waals surface area (Å²) in [6.45, 7) is 57.3. The van der Waals surface area contributed by atoms with Crippen LogP contribution in [-0.2, 0) is 23.7 Å². The van der Waals surface area contributed by atoms with Crippen molar-refractivity contribution < 1.29 is 0 Å². The summed E-state index contributed by atoms with van der Waals surface area (Å²) in [4.78, 5) is 0. The maximum Gasteiger partial charge on any atom is 0.168 e. The molecule has 0 spiro atoms. The molecule has 0 aliphatic heterocycles. The standard InChI is InChI=1S/C48H55N3.2C22H27N3.C20H23N3/c1-10-11-12-13-15-36-26-34(5)45(35(6)27-36)51-46(32(2)3)49-50-47(51)40-17-14-16-39(28-40)43-30-41(37-20-18-33(4)19-21-37)29-42(31-43)38-22-24-44(25-23-38)48(7,8)9;1-15-12-16(2)20(17(3)13-15)25-19(14-22(4,5)6)23-24-21(25)18-10-8-7-9-11-18;1-7-22(5,6)21-24-23-20(18-11-9-8-10-12-18)25(21)19-16(3)13-15(2)14-17(19)4;1-13(2)19-21-22-20(17-9-7-6-8-10-17)23(19)18-15(4)11-14(3)12-16(18)5/h14,16-32H,10-13,15H2,1-9H3;7-13H,14H2,1-6H3;8-14H,7H2,1-6H3;6-13H,1-5H3. The van der Waals surface area contributed by atoms with Crippen LogP contribution in [-0.4, -0.2) is 59.1 Å². The Morgan fingerprint density at radius 2 is 0.637 bits per heavy atom. The third kappa shape index (κ3) is 21.2. The summed E-state index contributed by atoms with van der Waals surface area (Å²) in [7, 11) is 0. The summed E-state index contributed by atoms with van der Waals surface area (Å²) < 4.78 is 9.07. The van der Waals surface area contributed by atoms with E-state index in [1.54, 1.807) is 0 Å². The van der Waals surface area contributed by atoms with Crippen LogP contribution in [0.3, 0.4) is 0 Å². The van der Waals surface area contributed by atoms with Gasteiger partial charge in [0.15, 0.2) is 23.3 Å². The third-order valence-corrected chi connectivity index (χ3v) is 23.6. The van der Waals surface area contributed by atoms with E-state index in [1.165, 1.54) is 154 Å². The molecule has 0 saturated carbocycles. The first-order valence-corrected chi connectivity index (χ1v) is 44.8. The second kappa shape index (κ2) is 39.2.